The summed E-state index contributed by atoms with van der Waals surface area (Å²) in [6.07, 6.45) is 6.64. The molecule has 2 aliphatic rings. The molecule has 0 bridgehead atoms. The van der Waals surface area contributed by atoms with Crippen LogP contribution in [-0.4, -0.2) is 6.54 Å². The molecule has 28 heavy (non-hydrogen) atoms. The molecule has 1 atom stereocenters. The van der Waals surface area contributed by atoms with E-state index >= 15 is 0 Å². The van der Waals surface area contributed by atoms with Gasteiger partial charge in [0.05, 0.1) is 0 Å². The van der Waals surface area contributed by atoms with E-state index in [1.165, 1.54) is 11.6 Å². The minimum absolute atomic E-state index is 0.181. The van der Waals surface area contributed by atoms with Crippen LogP contribution in [0.3, 0.4) is 0 Å². The van der Waals surface area contributed by atoms with Crippen molar-refractivity contribution in [2.75, 3.05) is 6.54 Å². The maximum absolute atomic E-state index is 14.1. The minimum atomic E-state index is -0.257. The molecule has 0 fully saturated rings. The zero-order valence-electron chi connectivity index (χ0n) is 15.4. The van der Waals surface area contributed by atoms with Gasteiger partial charge in [0.15, 0.2) is 0 Å². The maximum atomic E-state index is 14.1. The third-order valence-corrected chi connectivity index (χ3v) is 4.99. The molecule has 3 nitrogen and oxygen atoms in total. The van der Waals surface area contributed by atoms with E-state index in [0.29, 0.717) is 30.8 Å². The minimum Gasteiger partial charge on any atom is -0.457 e. The molecule has 2 N–H and O–H groups in total. The van der Waals surface area contributed by atoms with Gasteiger partial charge >= 0.3 is 0 Å². The molecule has 0 radical (unpaired) electrons. The van der Waals surface area contributed by atoms with E-state index in [1.807, 2.05) is 36.5 Å². The number of para-hydroxylation sites is 1. The van der Waals surface area contributed by atoms with Crippen molar-refractivity contribution in [1.82, 2.24) is 10.6 Å². The Labute approximate surface area is 163 Å². The lowest BCUT2D eigenvalue weighted by Crippen LogP contribution is -2.18. The molecule has 0 amide bonds. The summed E-state index contributed by atoms with van der Waals surface area (Å²) in [4.78, 5) is 0. The molecule has 0 aromatic heterocycles. The van der Waals surface area contributed by atoms with Crippen LogP contribution in [0.2, 0.25) is 0 Å². The molecule has 4 rings (SSSR count). The van der Waals surface area contributed by atoms with E-state index in [4.69, 9.17) is 4.74 Å². The molecule has 1 aliphatic carbocycles. The first-order valence-corrected chi connectivity index (χ1v) is 9.44. The van der Waals surface area contributed by atoms with Gasteiger partial charge in [0.2, 0.25) is 0 Å². The highest BCUT2D eigenvalue weighted by molar-refractivity contribution is 5.37. The SMILES string of the molecule is FC1=CCC2C(CCNCc3cc(Oc4ccccc4)ccc3F)=CNC2=C1. The molecule has 1 heterocycles. The number of allylic oxidation sites excluding steroid dienone is 4. The molecule has 5 heteroatoms. The lowest BCUT2D eigenvalue weighted by atomic mass is 9.90. The van der Waals surface area contributed by atoms with Gasteiger partial charge < -0.3 is 15.4 Å². The third-order valence-electron chi connectivity index (χ3n) is 4.99. The quantitative estimate of drug-likeness (QED) is 0.636. The molecule has 2 aromatic rings. The Morgan fingerprint density at radius 3 is 2.79 bits per heavy atom. The average Bonchev–Trinajstić information content (AvgIpc) is 3.10. The Bertz CT molecular complexity index is 935. The summed E-state index contributed by atoms with van der Waals surface area (Å²) in [5.41, 5.74) is 2.73. The fraction of sp³-hybridized carbons (Fsp3) is 0.217. The zero-order valence-corrected chi connectivity index (χ0v) is 15.4. The van der Waals surface area contributed by atoms with Gasteiger partial charge in [0, 0.05) is 29.9 Å². The summed E-state index contributed by atoms with van der Waals surface area (Å²) in [5.74, 6) is 1.13. The van der Waals surface area contributed by atoms with Crippen LogP contribution in [0.5, 0.6) is 11.5 Å². The van der Waals surface area contributed by atoms with Gasteiger partial charge in [-0.1, -0.05) is 18.2 Å². The fourth-order valence-corrected chi connectivity index (χ4v) is 3.51. The second-order valence-electron chi connectivity index (χ2n) is 6.94. The summed E-state index contributed by atoms with van der Waals surface area (Å²) in [7, 11) is 0. The normalized spacial score (nSPS) is 17.9. The van der Waals surface area contributed by atoms with E-state index in [-0.39, 0.29) is 17.6 Å². The van der Waals surface area contributed by atoms with E-state index in [9.17, 15) is 8.78 Å². The first-order chi connectivity index (χ1) is 13.7. The van der Waals surface area contributed by atoms with Gasteiger partial charge in [-0.05, 0) is 67.4 Å². The highest BCUT2D eigenvalue weighted by Crippen LogP contribution is 2.34. The van der Waals surface area contributed by atoms with Crippen molar-refractivity contribution in [3.8, 4) is 11.5 Å². The molecule has 0 saturated heterocycles. The molecule has 1 unspecified atom stereocenters. The number of hydrogen-bond donors (Lipinski definition) is 2. The summed E-state index contributed by atoms with van der Waals surface area (Å²) in [6, 6.07) is 14.2. The van der Waals surface area contributed by atoms with Crippen LogP contribution in [0.15, 0.2) is 84.0 Å². The molecule has 1 aliphatic heterocycles. The topological polar surface area (TPSA) is 33.3 Å². The monoisotopic (exact) mass is 380 g/mol. The predicted molar refractivity (Wildman–Crippen MR) is 106 cm³/mol. The van der Waals surface area contributed by atoms with Crippen molar-refractivity contribution < 1.29 is 13.5 Å². The number of hydrogen-bond acceptors (Lipinski definition) is 3. The average molecular weight is 380 g/mol. The lowest BCUT2D eigenvalue weighted by molar-refractivity contribution is 0.478. The van der Waals surface area contributed by atoms with Crippen molar-refractivity contribution in [2.45, 2.75) is 19.4 Å². The molecule has 2 aromatic carbocycles. The van der Waals surface area contributed by atoms with Crippen molar-refractivity contribution in [1.29, 1.82) is 0 Å². The number of rotatable bonds is 7. The van der Waals surface area contributed by atoms with Crippen LogP contribution < -0.4 is 15.4 Å². The number of ether oxygens (including phenoxy) is 1. The fourth-order valence-electron chi connectivity index (χ4n) is 3.51. The van der Waals surface area contributed by atoms with Gasteiger partial charge in [0.25, 0.3) is 0 Å². The Morgan fingerprint density at radius 1 is 1.07 bits per heavy atom. The van der Waals surface area contributed by atoms with Crippen LogP contribution in [0.25, 0.3) is 0 Å². The van der Waals surface area contributed by atoms with E-state index in [0.717, 1.165) is 17.9 Å². The first kappa shape index (κ1) is 18.4. The molecule has 0 spiro atoms. The van der Waals surface area contributed by atoms with Gasteiger partial charge in [-0.15, -0.1) is 0 Å². The number of halogens is 2. The maximum Gasteiger partial charge on any atom is 0.127 e. The number of fused-ring (bicyclic) bond motifs is 1. The van der Waals surface area contributed by atoms with Crippen molar-refractivity contribution >= 4 is 0 Å². The van der Waals surface area contributed by atoms with Gasteiger partial charge in [-0.3, -0.25) is 0 Å². The van der Waals surface area contributed by atoms with Crippen LogP contribution in [0.1, 0.15) is 18.4 Å². The molecule has 144 valence electrons. The van der Waals surface area contributed by atoms with Crippen LogP contribution in [-0.2, 0) is 6.54 Å². The zero-order chi connectivity index (χ0) is 19.3. The van der Waals surface area contributed by atoms with Gasteiger partial charge in [0.1, 0.15) is 23.1 Å². The Balaban J connectivity index is 1.29. The van der Waals surface area contributed by atoms with Gasteiger partial charge in [-0.25, -0.2) is 8.78 Å². The number of benzene rings is 2. The third kappa shape index (κ3) is 4.31. The van der Waals surface area contributed by atoms with E-state index in [1.54, 1.807) is 24.3 Å². The standard InChI is InChI=1S/C23H22F2N2O/c24-18-6-8-21-16(15-27-23(21)13-18)10-11-26-14-17-12-20(7-9-22(17)25)28-19-4-2-1-3-5-19/h1-7,9,12-13,15,21,26-27H,8,10-11,14H2. The van der Waals surface area contributed by atoms with Crippen LogP contribution >= 0.6 is 0 Å². The van der Waals surface area contributed by atoms with Gasteiger partial charge in [-0.2, -0.15) is 0 Å². The molecule has 0 saturated carbocycles. The van der Waals surface area contributed by atoms with Crippen molar-refractivity contribution in [3.63, 3.8) is 0 Å². The van der Waals surface area contributed by atoms with E-state index < -0.39 is 0 Å². The highest BCUT2D eigenvalue weighted by atomic mass is 19.1. The number of nitrogens with one attached hydrogen (secondary N) is 2. The van der Waals surface area contributed by atoms with Crippen LogP contribution in [0.4, 0.5) is 8.78 Å². The summed E-state index contributed by atoms with van der Waals surface area (Å²) < 4.78 is 33.2. The Kier molecular flexibility index (Phi) is 5.53. The van der Waals surface area contributed by atoms with Crippen molar-refractivity contribution in [3.05, 3.63) is 95.4 Å². The van der Waals surface area contributed by atoms with E-state index in [2.05, 4.69) is 10.6 Å². The van der Waals surface area contributed by atoms with Crippen molar-refractivity contribution in [2.24, 2.45) is 5.92 Å². The smallest absolute Gasteiger partial charge is 0.127 e. The predicted octanol–water partition coefficient (Wildman–Crippen LogP) is 5.34. The second-order valence-corrected chi connectivity index (χ2v) is 6.94. The first-order valence-electron chi connectivity index (χ1n) is 9.44. The highest BCUT2D eigenvalue weighted by Gasteiger charge is 2.25. The van der Waals surface area contributed by atoms with Crippen LogP contribution in [0, 0.1) is 11.7 Å². The molecular weight excluding hydrogens is 358 g/mol. The molecular formula is C23H22F2N2O. The summed E-state index contributed by atoms with van der Waals surface area (Å²) in [5, 5.41) is 6.44. The summed E-state index contributed by atoms with van der Waals surface area (Å²) in [6.45, 7) is 1.13. The second kappa shape index (κ2) is 8.40. The largest absolute Gasteiger partial charge is 0.457 e. The Hall–Kier alpha value is -2.92. The summed E-state index contributed by atoms with van der Waals surface area (Å²) >= 11 is 0. The Morgan fingerprint density at radius 2 is 1.93 bits per heavy atom. The lowest BCUT2D eigenvalue weighted by Gasteiger charge is -2.17.